The Balaban J connectivity index is 1.86. The highest BCUT2D eigenvalue weighted by Gasteiger charge is 2.42. The monoisotopic (exact) mass is 316 g/mol. The Hall–Kier alpha value is -0.470. The molecular formula is C13H20N2O3S2. The van der Waals surface area contributed by atoms with Crippen LogP contribution in [0.15, 0.2) is 16.3 Å². The maximum atomic E-state index is 12.8. The Morgan fingerprint density at radius 2 is 2.25 bits per heavy atom. The van der Waals surface area contributed by atoms with Gasteiger partial charge >= 0.3 is 0 Å². The molecule has 0 radical (unpaired) electrons. The van der Waals surface area contributed by atoms with Gasteiger partial charge in [-0.15, -0.1) is 11.3 Å². The van der Waals surface area contributed by atoms with Crippen molar-refractivity contribution in [3.8, 4) is 0 Å². The molecule has 1 saturated carbocycles. The maximum Gasteiger partial charge on any atom is 0.252 e. The molecule has 3 rings (SSSR count). The van der Waals surface area contributed by atoms with Gasteiger partial charge in [0.15, 0.2) is 0 Å². The quantitative estimate of drug-likeness (QED) is 0.905. The molecule has 1 aliphatic heterocycles. The summed E-state index contributed by atoms with van der Waals surface area (Å²) in [6.45, 7) is 1.51. The van der Waals surface area contributed by atoms with E-state index in [0.717, 1.165) is 30.6 Å². The Morgan fingerprint density at radius 3 is 3.05 bits per heavy atom. The van der Waals surface area contributed by atoms with Crippen LogP contribution in [0.1, 0.15) is 24.1 Å². The molecule has 0 aromatic carbocycles. The number of hydrogen-bond acceptors (Lipinski definition) is 5. The van der Waals surface area contributed by atoms with Gasteiger partial charge in [-0.3, -0.25) is 0 Å². The molecule has 0 amide bonds. The molecule has 5 nitrogen and oxygen atoms in total. The van der Waals surface area contributed by atoms with Crippen molar-refractivity contribution < 1.29 is 13.2 Å². The highest BCUT2D eigenvalue weighted by molar-refractivity contribution is 7.91. The van der Waals surface area contributed by atoms with Crippen molar-refractivity contribution >= 4 is 21.4 Å². The van der Waals surface area contributed by atoms with Gasteiger partial charge in [0.05, 0.1) is 18.8 Å². The third kappa shape index (κ3) is 2.53. The van der Waals surface area contributed by atoms with E-state index in [0.29, 0.717) is 23.9 Å². The van der Waals surface area contributed by atoms with Gasteiger partial charge in [0.2, 0.25) is 0 Å². The fourth-order valence-electron chi connectivity index (χ4n) is 3.08. The van der Waals surface area contributed by atoms with Crippen molar-refractivity contribution in [1.29, 1.82) is 0 Å². The van der Waals surface area contributed by atoms with Crippen molar-refractivity contribution in [2.24, 2.45) is 5.73 Å². The van der Waals surface area contributed by atoms with Crippen LogP contribution in [-0.4, -0.2) is 44.6 Å². The standard InChI is InChI=1S/C13H20N2O3S2/c14-7-6-10-4-5-13(19-10)20(16,17)15-8-9-18-12-3-1-2-11(12)15/h4-5,11-12H,1-3,6-9,14H2. The Kier molecular flexibility index (Phi) is 4.14. The second-order valence-electron chi connectivity index (χ2n) is 5.28. The summed E-state index contributed by atoms with van der Waals surface area (Å²) in [5.41, 5.74) is 5.52. The van der Waals surface area contributed by atoms with Gasteiger partial charge in [-0.05, 0) is 44.4 Å². The third-order valence-electron chi connectivity index (χ3n) is 4.02. The number of sulfonamides is 1. The second kappa shape index (κ2) is 5.73. The fourth-order valence-corrected chi connectivity index (χ4v) is 6.24. The van der Waals surface area contributed by atoms with E-state index < -0.39 is 10.0 Å². The molecule has 0 spiro atoms. The number of ether oxygens (including phenoxy) is 1. The Morgan fingerprint density at radius 1 is 1.40 bits per heavy atom. The van der Waals surface area contributed by atoms with E-state index in [1.165, 1.54) is 11.3 Å². The van der Waals surface area contributed by atoms with Crippen LogP contribution in [0.3, 0.4) is 0 Å². The lowest BCUT2D eigenvalue weighted by Gasteiger charge is -2.36. The molecule has 1 aromatic rings. The lowest BCUT2D eigenvalue weighted by molar-refractivity contribution is -0.0241. The highest BCUT2D eigenvalue weighted by Crippen LogP contribution is 2.35. The molecule has 112 valence electrons. The lowest BCUT2D eigenvalue weighted by Crippen LogP contribution is -2.50. The smallest absolute Gasteiger partial charge is 0.252 e. The maximum absolute atomic E-state index is 12.8. The molecule has 1 saturated heterocycles. The molecule has 2 fully saturated rings. The van der Waals surface area contributed by atoms with Crippen LogP contribution < -0.4 is 5.73 Å². The summed E-state index contributed by atoms with van der Waals surface area (Å²) in [5.74, 6) is 0. The molecule has 2 heterocycles. The zero-order valence-corrected chi connectivity index (χ0v) is 13.0. The van der Waals surface area contributed by atoms with Crippen molar-refractivity contribution in [1.82, 2.24) is 4.31 Å². The van der Waals surface area contributed by atoms with Crippen molar-refractivity contribution in [3.63, 3.8) is 0 Å². The molecular weight excluding hydrogens is 296 g/mol. The topological polar surface area (TPSA) is 72.6 Å². The van der Waals surface area contributed by atoms with Crippen LogP contribution in [0.4, 0.5) is 0 Å². The first kappa shape index (κ1) is 14.5. The summed E-state index contributed by atoms with van der Waals surface area (Å²) in [6.07, 6.45) is 3.74. The normalized spacial score (nSPS) is 27.6. The molecule has 1 aromatic heterocycles. The minimum Gasteiger partial charge on any atom is -0.375 e. The van der Waals surface area contributed by atoms with Crippen LogP contribution in [-0.2, 0) is 21.2 Å². The van der Waals surface area contributed by atoms with Gasteiger partial charge in [0, 0.05) is 11.4 Å². The average Bonchev–Trinajstić information content (AvgIpc) is 3.06. The minimum absolute atomic E-state index is 0.0220. The van der Waals surface area contributed by atoms with E-state index >= 15 is 0 Å². The first-order chi connectivity index (χ1) is 9.63. The summed E-state index contributed by atoms with van der Waals surface area (Å²) in [7, 11) is -3.38. The van der Waals surface area contributed by atoms with Gasteiger partial charge < -0.3 is 10.5 Å². The fraction of sp³-hybridized carbons (Fsp3) is 0.692. The van der Waals surface area contributed by atoms with E-state index in [-0.39, 0.29) is 12.1 Å². The van der Waals surface area contributed by atoms with Crippen molar-refractivity contribution in [2.45, 2.75) is 42.0 Å². The number of rotatable bonds is 4. The molecule has 7 heteroatoms. The van der Waals surface area contributed by atoms with Gasteiger partial charge in [0.1, 0.15) is 4.21 Å². The van der Waals surface area contributed by atoms with Gasteiger partial charge in [-0.25, -0.2) is 8.42 Å². The summed E-state index contributed by atoms with van der Waals surface area (Å²) in [6, 6.07) is 3.61. The van der Waals surface area contributed by atoms with Gasteiger partial charge in [-0.2, -0.15) is 4.31 Å². The first-order valence-corrected chi connectivity index (χ1v) is 9.31. The number of thiophene rings is 1. The number of hydrogen-bond donors (Lipinski definition) is 1. The van der Waals surface area contributed by atoms with Crippen LogP contribution in [0.2, 0.25) is 0 Å². The predicted molar refractivity (Wildman–Crippen MR) is 78.3 cm³/mol. The first-order valence-electron chi connectivity index (χ1n) is 7.05. The van der Waals surface area contributed by atoms with Crippen molar-refractivity contribution in [3.05, 3.63) is 17.0 Å². The lowest BCUT2D eigenvalue weighted by atomic mass is 10.2. The van der Waals surface area contributed by atoms with E-state index in [4.69, 9.17) is 10.5 Å². The number of fused-ring (bicyclic) bond motifs is 1. The van der Waals surface area contributed by atoms with E-state index in [1.54, 1.807) is 10.4 Å². The van der Waals surface area contributed by atoms with Crippen LogP contribution >= 0.6 is 11.3 Å². The molecule has 2 atom stereocenters. The largest absolute Gasteiger partial charge is 0.375 e. The number of nitrogens with two attached hydrogens (primary N) is 1. The zero-order chi connectivity index (χ0) is 14.2. The molecule has 1 aliphatic carbocycles. The third-order valence-corrected chi connectivity index (χ3v) is 7.56. The van der Waals surface area contributed by atoms with Crippen LogP contribution in [0.25, 0.3) is 0 Å². The molecule has 20 heavy (non-hydrogen) atoms. The van der Waals surface area contributed by atoms with Gasteiger partial charge in [0.25, 0.3) is 10.0 Å². The summed E-state index contributed by atoms with van der Waals surface area (Å²) >= 11 is 1.34. The molecule has 0 bridgehead atoms. The summed E-state index contributed by atoms with van der Waals surface area (Å²) in [4.78, 5) is 1.03. The highest BCUT2D eigenvalue weighted by atomic mass is 32.2. The second-order valence-corrected chi connectivity index (χ2v) is 8.57. The van der Waals surface area contributed by atoms with E-state index in [9.17, 15) is 8.42 Å². The number of morpholine rings is 1. The van der Waals surface area contributed by atoms with E-state index in [2.05, 4.69) is 0 Å². The van der Waals surface area contributed by atoms with Crippen LogP contribution in [0.5, 0.6) is 0 Å². The average molecular weight is 316 g/mol. The van der Waals surface area contributed by atoms with E-state index in [1.807, 2.05) is 6.07 Å². The molecule has 2 aliphatic rings. The molecule has 2 unspecified atom stereocenters. The van der Waals surface area contributed by atoms with Gasteiger partial charge in [-0.1, -0.05) is 0 Å². The molecule has 2 N–H and O–H groups in total. The zero-order valence-electron chi connectivity index (χ0n) is 11.3. The predicted octanol–water partition coefficient (Wildman–Crippen LogP) is 1.19. The Bertz CT molecular complexity index is 570. The summed E-state index contributed by atoms with van der Waals surface area (Å²) < 4.78 is 33.4. The van der Waals surface area contributed by atoms with Crippen molar-refractivity contribution in [2.75, 3.05) is 19.7 Å². The summed E-state index contributed by atoms with van der Waals surface area (Å²) in [5, 5.41) is 0. The SMILES string of the molecule is NCCc1ccc(S(=O)(=O)N2CCOC3CCCC32)s1. The van der Waals surface area contributed by atoms with Crippen LogP contribution in [0, 0.1) is 0 Å². The Labute approximate surface area is 123 Å². The number of nitrogens with zero attached hydrogens (tertiary/aromatic N) is 1. The minimum atomic E-state index is -3.38.